The molecule has 0 radical (unpaired) electrons. The molecular weight excluding hydrogens is 256 g/mol. The van der Waals surface area contributed by atoms with Gasteiger partial charge in [-0.1, -0.05) is 0 Å². The van der Waals surface area contributed by atoms with Gasteiger partial charge >= 0.3 is 0 Å². The van der Waals surface area contributed by atoms with Gasteiger partial charge in [0.05, 0.1) is 5.69 Å². The highest BCUT2D eigenvalue weighted by Gasteiger charge is 2.26. The minimum Gasteiger partial charge on any atom is -0.484 e. The Morgan fingerprint density at radius 3 is 2.75 bits per heavy atom. The Kier molecular flexibility index (Phi) is 3.95. The molecule has 0 aliphatic carbocycles. The van der Waals surface area contributed by atoms with Crippen molar-refractivity contribution in [1.82, 2.24) is 5.32 Å². The Hall–Kier alpha value is -1.50. The topological polar surface area (TPSA) is 85.8 Å². The standard InChI is InChI=1S/C14H22N4O2/c15-7-10-5-12(18-3-1-17-2-4-18)14-13(6-10)20-11(8-16)9-19-14/h5-6,11,17H,1-4,7-9,15-16H2. The summed E-state index contributed by atoms with van der Waals surface area (Å²) in [5.41, 5.74) is 13.6. The SMILES string of the molecule is NCc1cc2c(c(N3CCNCC3)c1)OCC(CN)O2. The number of ether oxygens (including phenoxy) is 2. The molecule has 2 aliphatic heterocycles. The Morgan fingerprint density at radius 2 is 2.05 bits per heavy atom. The molecule has 0 amide bonds. The number of hydrogen-bond donors (Lipinski definition) is 3. The molecule has 2 aliphatic rings. The van der Waals surface area contributed by atoms with Gasteiger partial charge in [-0.05, 0) is 17.7 Å². The Morgan fingerprint density at radius 1 is 1.25 bits per heavy atom. The third-order valence-corrected chi connectivity index (χ3v) is 3.76. The molecule has 6 nitrogen and oxygen atoms in total. The van der Waals surface area contributed by atoms with Crippen LogP contribution in [0, 0.1) is 0 Å². The van der Waals surface area contributed by atoms with Crippen LogP contribution in [0.3, 0.4) is 0 Å². The van der Waals surface area contributed by atoms with Crippen LogP contribution in [0.15, 0.2) is 12.1 Å². The van der Waals surface area contributed by atoms with Gasteiger partial charge in [0, 0.05) is 39.3 Å². The fraction of sp³-hybridized carbons (Fsp3) is 0.571. The van der Waals surface area contributed by atoms with Crippen molar-refractivity contribution in [3.05, 3.63) is 17.7 Å². The highest BCUT2D eigenvalue weighted by atomic mass is 16.6. The Labute approximate surface area is 119 Å². The number of nitrogens with zero attached hydrogens (tertiary/aromatic N) is 1. The summed E-state index contributed by atoms with van der Waals surface area (Å²) in [6.07, 6.45) is -0.0774. The van der Waals surface area contributed by atoms with Crippen LogP contribution >= 0.6 is 0 Å². The molecule has 1 aromatic rings. The highest BCUT2D eigenvalue weighted by molar-refractivity contribution is 5.67. The summed E-state index contributed by atoms with van der Waals surface area (Å²) >= 11 is 0. The molecular formula is C14H22N4O2. The van der Waals surface area contributed by atoms with E-state index in [1.807, 2.05) is 6.07 Å². The van der Waals surface area contributed by atoms with Crippen LogP contribution in [0.2, 0.25) is 0 Å². The average Bonchev–Trinajstić information content (AvgIpc) is 2.53. The molecule has 0 aromatic heterocycles. The Bertz CT molecular complexity index is 474. The number of benzene rings is 1. The molecule has 1 aromatic carbocycles. The van der Waals surface area contributed by atoms with Gasteiger partial charge in [-0.2, -0.15) is 0 Å². The van der Waals surface area contributed by atoms with E-state index >= 15 is 0 Å². The zero-order chi connectivity index (χ0) is 13.9. The highest BCUT2D eigenvalue weighted by Crippen LogP contribution is 2.42. The van der Waals surface area contributed by atoms with Crippen molar-refractivity contribution in [2.45, 2.75) is 12.6 Å². The average molecular weight is 278 g/mol. The lowest BCUT2D eigenvalue weighted by molar-refractivity contribution is 0.0971. The molecule has 1 saturated heterocycles. The summed E-state index contributed by atoms with van der Waals surface area (Å²) in [5, 5.41) is 3.35. The zero-order valence-corrected chi connectivity index (χ0v) is 11.6. The molecule has 1 fully saturated rings. The van der Waals surface area contributed by atoms with Gasteiger partial charge in [-0.15, -0.1) is 0 Å². The van der Waals surface area contributed by atoms with Crippen molar-refractivity contribution in [3.63, 3.8) is 0 Å². The van der Waals surface area contributed by atoms with Crippen LogP contribution in [0.4, 0.5) is 5.69 Å². The third kappa shape index (κ3) is 2.54. The predicted octanol–water partition coefficient (Wildman–Crippen LogP) is -0.347. The molecule has 110 valence electrons. The van der Waals surface area contributed by atoms with Gasteiger partial charge in [0.25, 0.3) is 0 Å². The molecule has 0 saturated carbocycles. The quantitative estimate of drug-likeness (QED) is 0.701. The summed E-state index contributed by atoms with van der Waals surface area (Å²) in [4.78, 5) is 2.32. The summed E-state index contributed by atoms with van der Waals surface area (Å²) in [7, 11) is 0. The number of rotatable bonds is 3. The molecule has 0 bridgehead atoms. The van der Waals surface area contributed by atoms with Crippen LogP contribution in [0.25, 0.3) is 0 Å². The number of hydrogen-bond acceptors (Lipinski definition) is 6. The van der Waals surface area contributed by atoms with Crippen molar-refractivity contribution in [2.24, 2.45) is 11.5 Å². The maximum Gasteiger partial charge on any atom is 0.184 e. The van der Waals surface area contributed by atoms with Gasteiger partial charge in [0.2, 0.25) is 0 Å². The minimum atomic E-state index is -0.0774. The zero-order valence-electron chi connectivity index (χ0n) is 11.6. The third-order valence-electron chi connectivity index (χ3n) is 3.76. The first kappa shape index (κ1) is 13.5. The van der Waals surface area contributed by atoms with E-state index in [0.29, 0.717) is 19.7 Å². The molecule has 5 N–H and O–H groups in total. The summed E-state index contributed by atoms with van der Waals surface area (Å²) in [6, 6.07) is 4.07. The summed E-state index contributed by atoms with van der Waals surface area (Å²) < 4.78 is 11.8. The van der Waals surface area contributed by atoms with Crippen LogP contribution in [0.1, 0.15) is 5.56 Å². The lowest BCUT2D eigenvalue weighted by Crippen LogP contribution is -2.44. The number of nitrogens with one attached hydrogen (secondary N) is 1. The minimum absolute atomic E-state index is 0.0774. The van der Waals surface area contributed by atoms with Gasteiger partial charge in [-0.3, -0.25) is 0 Å². The molecule has 3 rings (SSSR count). The van der Waals surface area contributed by atoms with E-state index in [9.17, 15) is 0 Å². The summed E-state index contributed by atoms with van der Waals surface area (Å²) in [6.45, 7) is 5.33. The van der Waals surface area contributed by atoms with Crippen molar-refractivity contribution in [3.8, 4) is 11.5 Å². The fourth-order valence-electron chi connectivity index (χ4n) is 2.64. The van der Waals surface area contributed by atoms with E-state index in [1.165, 1.54) is 0 Å². The first-order valence-electron chi connectivity index (χ1n) is 7.14. The van der Waals surface area contributed by atoms with Crippen LogP contribution in [-0.2, 0) is 6.54 Å². The molecule has 0 spiro atoms. The second-order valence-electron chi connectivity index (χ2n) is 5.17. The maximum absolute atomic E-state index is 5.91. The molecule has 6 heteroatoms. The van der Waals surface area contributed by atoms with Gasteiger partial charge < -0.3 is 31.2 Å². The van der Waals surface area contributed by atoms with E-state index in [0.717, 1.165) is 48.9 Å². The van der Waals surface area contributed by atoms with Crippen molar-refractivity contribution in [2.75, 3.05) is 44.2 Å². The number of nitrogens with two attached hydrogens (primary N) is 2. The second-order valence-corrected chi connectivity index (χ2v) is 5.17. The van der Waals surface area contributed by atoms with E-state index in [-0.39, 0.29) is 6.10 Å². The second kappa shape index (κ2) is 5.87. The predicted molar refractivity (Wildman–Crippen MR) is 78.4 cm³/mol. The number of anilines is 1. The monoisotopic (exact) mass is 278 g/mol. The largest absolute Gasteiger partial charge is 0.484 e. The normalized spacial score (nSPS) is 21.9. The van der Waals surface area contributed by atoms with E-state index in [4.69, 9.17) is 20.9 Å². The van der Waals surface area contributed by atoms with Crippen molar-refractivity contribution in [1.29, 1.82) is 0 Å². The lowest BCUT2D eigenvalue weighted by Gasteiger charge is -2.34. The van der Waals surface area contributed by atoms with Crippen LogP contribution in [-0.4, -0.2) is 45.4 Å². The molecule has 1 atom stereocenters. The summed E-state index contributed by atoms with van der Waals surface area (Å²) in [5.74, 6) is 1.59. The van der Waals surface area contributed by atoms with Crippen molar-refractivity contribution < 1.29 is 9.47 Å². The Balaban J connectivity index is 1.96. The lowest BCUT2D eigenvalue weighted by atomic mass is 10.1. The number of fused-ring (bicyclic) bond motifs is 1. The van der Waals surface area contributed by atoms with Crippen LogP contribution in [0.5, 0.6) is 11.5 Å². The van der Waals surface area contributed by atoms with Gasteiger partial charge in [0.1, 0.15) is 12.7 Å². The van der Waals surface area contributed by atoms with Crippen molar-refractivity contribution >= 4 is 5.69 Å². The molecule has 1 unspecified atom stereocenters. The van der Waals surface area contributed by atoms with Gasteiger partial charge in [-0.25, -0.2) is 0 Å². The smallest absolute Gasteiger partial charge is 0.184 e. The fourth-order valence-corrected chi connectivity index (χ4v) is 2.64. The number of piperazine rings is 1. The molecule has 20 heavy (non-hydrogen) atoms. The first-order valence-corrected chi connectivity index (χ1v) is 7.14. The van der Waals surface area contributed by atoms with E-state index in [2.05, 4.69) is 16.3 Å². The van der Waals surface area contributed by atoms with Crippen LogP contribution < -0.4 is 31.2 Å². The van der Waals surface area contributed by atoms with E-state index in [1.54, 1.807) is 0 Å². The maximum atomic E-state index is 5.91. The van der Waals surface area contributed by atoms with Gasteiger partial charge in [0.15, 0.2) is 11.5 Å². The molecule has 2 heterocycles. The first-order chi connectivity index (χ1) is 9.81. The van der Waals surface area contributed by atoms with E-state index < -0.39 is 0 Å².